The minimum Gasteiger partial charge on any atom is -0.870 e. The molecule has 0 aliphatic carbocycles. The number of aliphatic hydroxyl groups is 1. The molecular formula is C89H120BrFK2NaO19+. The number of aliphatic hydroxyl groups excluding tert-OH is 1. The van der Waals surface area contributed by atoms with Crippen molar-refractivity contribution in [3.05, 3.63) is 235 Å². The number of unbranched alkanes of at least 4 members (excludes halogenated alkanes) is 4. The molecule has 0 aromatic heterocycles. The molecule has 4 atom stereocenters. The summed E-state index contributed by atoms with van der Waals surface area (Å²) in [6, 6.07) is 62.0. The van der Waals surface area contributed by atoms with Crippen LogP contribution < -0.4 is 151 Å². The fourth-order valence-corrected chi connectivity index (χ4v) is 10.8. The van der Waals surface area contributed by atoms with Gasteiger partial charge in [0.2, 0.25) is 0 Å². The Kier molecular flexibility index (Phi) is 77.2. The van der Waals surface area contributed by atoms with Crippen molar-refractivity contribution in [1.29, 1.82) is 0 Å². The zero-order valence-electron chi connectivity index (χ0n) is 70.0. The number of phenolic OH excluding ortho intramolecular Hbond substituents is 2. The summed E-state index contributed by atoms with van der Waals surface area (Å²) in [5.74, 6) is 3.51. The molecule has 0 amide bonds. The maximum absolute atomic E-state index is 12.6. The molecule has 0 aliphatic heterocycles. The van der Waals surface area contributed by atoms with Gasteiger partial charge in [0.1, 0.15) is 34.5 Å². The van der Waals surface area contributed by atoms with E-state index >= 15 is 0 Å². The fourth-order valence-electron chi connectivity index (χ4n) is 10.1. The third-order valence-corrected chi connectivity index (χ3v) is 17.7. The Morgan fingerprint density at radius 2 is 0.779 bits per heavy atom. The summed E-state index contributed by atoms with van der Waals surface area (Å²) in [4.78, 5) is 61.6. The number of hydrogen-bond donors (Lipinski definition) is 4. The van der Waals surface area contributed by atoms with Gasteiger partial charge in [0, 0.05) is 12.4 Å². The number of aromatic hydroxyl groups is 2. The SMILES string of the molecule is CCCCC(CC)CBr.CCCCC(CC)COc1cccc(C(=O)O)c1.CCCCC(CC)COc1cccc(C(=O)OC)c1.CCCCC(CC)COc1cccc(C(=O)Oc2ccc(-c3ccccc3)cc2)c1.CO.COC(=O)c1cccc(O)c1.O.Oc1ccc(-c2ccccc2)cc1.[2H]C(=O)OO[CH-]F.[K+].[K+].[Na+].[OH-]. The maximum atomic E-state index is 12.6. The van der Waals surface area contributed by atoms with Gasteiger partial charge in [-0.2, -0.15) is 0 Å². The molecule has 8 rings (SSSR count). The van der Waals surface area contributed by atoms with Crippen molar-refractivity contribution in [2.75, 3.05) is 46.5 Å². The van der Waals surface area contributed by atoms with E-state index in [2.05, 4.69) is 98.0 Å². The second-order valence-electron chi connectivity index (χ2n) is 24.7. The normalized spacial score (nSPS) is 10.7. The van der Waals surface area contributed by atoms with Crippen LogP contribution >= 0.6 is 15.9 Å². The number of esters is 3. The number of hydrogen-bond acceptors (Lipinski definition) is 17. The van der Waals surface area contributed by atoms with E-state index < -0.39 is 18.4 Å². The molecular weight excluding hydrogens is 1570 g/mol. The van der Waals surface area contributed by atoms with Crippen LogP contribution in [0.25, 0.3) is 22.3 Å². The molecule has 0 bridgehead atoms. The first kappa shape index (κ1) is 114. The summed E-state index contributed by atoms with van der Waals surface area (Å²) in [7, 11) is 3.68. The van der Waals surface area contributed by atoms with E-state index in [1.54, 1.807) is 72.8 Å². The molecule has 0 aliphatic rings. The summed E-state index contributed by atoms with van der Waals surface area (Å²) in [6.45, 7) is 19.4. The number of carbonyl (C=O) groups excluding carboxylic acids is 4. The van der Waals surface area contributed by atoms with E-state index in [9.17, 15) is 28.4 Å². The predicted molar refractivity (Wildman–Crippen MR) is 438 cm³/mol. The molecule has 7 N–H and O–H groups in total. The second kappa shape index (κ2) is 76.6. The van der Waals surface area contributed by atoms with Crippen molar-refractivity contribution in [2.45, 2.75) is 158 Å². The summed E-state index contributed by atoms with van der Waals surface area (Å²) in [5.41, 5.74) is 6.15. The topological polar surface area (TPSA) is 302 Å². The molecule has 8 aromatic carbocycles. The number of phenols is 2. The zero-order chi connectivity index (χ0) is 80.8. The molecule has 0 saturated carbocycles. The van der Waals surface area contributed by atoms with Crippen LogP contribution in [0.15, 0.2) is 206 Å². The van der Waals surface area contributed by atoms with Gasteiger partial charge in [0.05, 0.1) is 56.3 Å². The first-order valence-electron chi connectivity index (χ1n) is 37.6. The number of carboxylic acid groups (broad SMARTS) is 1. The Bertz CT molecular complexity index is 3680. The molecule has 4 unspecified atom stereocenters. The smallest absolute Gasteiger partial charge is 0.870 e. The van der Waals surface area contributed by atoms with Gasteiger partial charge in [-0.15, -0.1) is 0 Å². The van der Waals surface area contributed by atoms with E-state index in [1.807, 2.05) is 109 Å². The molecule has 606 valence electrons. The van der Waals surface area contributed by atoms with Gasteiger partial charge in [0.15, 0.2) is 1.37 Å². The molecule has 0 fully saturated rings. The van der Waals surface area contributed by atoms with E-state index in [0.717, 1.165) is 54.7 Å². The van der Waals surface area contributed by atoms with Crippen molar-refractivity contribution in [2.24, 2.45) is 23.7 Å². The van der Waals surface area contributed by atoms with Crippen LogP contribution in [0.2, 0.25) is 0 Å². The Labute approximate surface area is 788 Å². The average molecular weight is 1700 g/mol. The molecule has 0 spiro atoms. The monoisotopic (exact) mass is 1690 g/mol. The number of benzene rings is 8. The number of halogens is 2. The molecule has 24 heteroatoms. The van der Waals surface area contributed by atoms with Crippen molar-refractivity contribution < 1.29 is 232 Å². The Hall–Kier alpha value is -5.37. The number of ether oxygens (including phenoxy) is 6. The zero-order valence-corrected chi connectivity index (χ0v) is 78.8. The summed E-state index contributed by atoms with van der Waals surface area (Å²) >= 11 is 3.51. The quantitative estimate of drug-likeness (QED) is 0.00419. The van der Waals surface area contributed by atoms with Crippen LogP contribution in [-0.4, -0.2) is 108 Å². The van der Waals surface area contributed by atoms with E-state index in [0.29, 0.717) is 77.3 Å². The van der Waals surface area contributed by atoms with Crippen molar-refractivity contribution in [3.8, 4) is 56.8 Å². The van der Waals surface area contributed by atoms with E-state index in [-0.39, 0.29) is 173 Å². The summed E-state index contributed by atoms with van der Waals surface area (Å²) in [5, 5.41) is 35.1. The van der Waals surface area contributed by atoms with Gasteiger partial charge in [-0.25, -0.2) is 19.2 Å². The van der Waals surface area contributed by atoms with E-state index in [1.165, 1.54) is 121 Å². The van der Waals surface area contributed by atoms with Crippen molar-refractivity contribution in [3.63, 3.8) is 0 Å². The van der Waals surface area contributed by atoms with Gasteiger partial charge in [-0.3, -0.25) is 4.79 Å². The van der Waals surface area contributed by atoms with Crippen LogP contribution in [0.1, 0.15) is 201 Å². The predicted octanol–water partition coefficient (Wildman–Crippen LogP) is 12.9. The fraction of sp³-hybridized carbons (Fsp3) is 0.393. The average Bonchev–Trinajstić information content (AvgIpc) is 0.852. The van der Waals surface area contributed by atoms with Crippen LogP contribution in [0.3, 0.4) is 0 Å². The van der Waals surface area contributed by atoms with Gasteiger partial charge < -0.3 is 74.0 Å². The molecule has 113 heavy (non-hydrogen) atoms. The van der Waals surface area contributed by atoms with Crippen molar-refractivity contribution in [1.82, 2.24) is 0 Å². The first-order valence-corrected chi connectivity index (χ1v) is 38.3. The first-order chi connectivity index (χ1) is 52.8. The molecule has 19 nitrogen and oxygen atoms in total. The van der Waals surface area contributed by atoms with Gasteiger partial charge in [0.25, 0.3) is 0 Å². The number of carbonyl (C=O) groups is 5. The third kappa shape index (κ3) is 54.3. The van der Waals surface area contributed by atoms with Gasteiger partial charge >= 0.3 is 163 Å². The number of carboxylic acids is 1. The molecule has 8 aromatic rings. The molecule has 0 saturated heterocycles. The van der Waals surface area contributed by atoms with Crippen LogP contribution in [-0.2, 0) is 24.0 Å². The van der Waals surface area contributed by atoms with Crippen molar-refractivity contribution >= 4 is 46.3 Å². The maximum Gasteiger partial charge on any atom is 1.00 e. The van der Waals surface area contributed by atoms with Crippen LogP contribution in [0.5, 0.6) is 34.5 Å². The van der Waals surface area contributed by atoms with E-state index in [4.69, 9.17) is 45.5 Å². The standard InChI is InChI=1S/C27H30O3.C16H24O3.C15H22O3.C12H10O.C8H17Br.C8H8O3.C2H2FO3.CH4O.2K.Na.2H2O/c1-3-5-10-21(4-2)20-29-26-14-9-13-24(19-26)27(28)30-25-17-15-23(16-18-25)22-11-7-6-8-12-22;1-4-6-8-13(5-2)12-19-15-10-7-9-14(11-15)16(17)18-3;1-3-5-7-12(4-2)11-18-14-9-6-8-13(10-14)15(16)17;13-12-8-6-11(7-9-12)10-4-2-1-3-5-10;1-3-5-6-8(4-2)7-9;1-11-8(10)6-3-2-4-7(9)5-6;3-1-5-6-2-4;1-2;;;;;/h6-9,11-19,21H,3-5,10,20H2,1-2H3;7,9-11,13H,4-6,8,12H2,1-3H3;6,8-10,12H,3-5,7,11H2,1-2H3,(H,16,17);1-9,13H;8H,3-7H2,1-2H3;2-5,9H,1H3;1-2H;2H,1H3;;;;2*1H2/q;;;;;;-1;;3*+1;;/p-1/i;;;;;;2D;;;;;;. The van der Waals surface area contributed by atoms with Crippen LogP contribution in [0.4, 0.5) is 4.39 Å². The Morgan fingerprint density at radius 3 is 1.10 bits per heavy atom. The Morgan fingerprint density at radius 1 is 0.451 bits per heavy atom. The second-order valence-corrected chi connectivity index (χ2v) is 25.4. The minimum absolute atomic E-state index is 0. The summed E-state index contributed by atoms with van der Waals surface area (Å²) < 4.78 is 48.7. The molecule has 0 heterocycles. The van der Waals surface area contributed by atoms with Gasteiger partial charge in [-0.1, -0.05) is 258 Å². The molecule has 0 radical (unpaired) electrons. The Balaban J connectivity index is -0.000000420. The minimum atomic E-state index is -1.44. The summed E-state index contributed by atoms with van der Waals surface area (Å²) in [6.07, 6.45) is 18.2. The number of rotatable bonds is 35. The third-order valence-electron chi connectivity index (χ3n) is 16.8. The number of alkyl halides is 1. The largest absolute Gasteiger partial charge is 1.00 e. The van der Waals surface area contributed by atoms with Crippen LogP contribution in [0, 0.1) is 30.5 Å². The number of methoxy groups -OCH3 is 2. The van der Waals surface area contributed by atoms with Gasteiger partial charge in [-0.05, 0) is 176 Å². The number of aromatic carboxylic acids is 1.